The Morgan fingerprint density at radius 3 is 2.56 bits per heavy atom. The van der Waals surface area contributed by atoms with Crippen LogP contribution in [-0.2, 0) is 4.79 Å². The third-order valence-corrected chi connectivity index (χ3v) is 2.43. The molecule has 0 saturated heterocycles. The van der Waals surface area contributed by atoms with Crippen molar-refractivity contribution in [3.8, 4) is 0 Å². The minimum Gasteiger partial charge on any atom is -0.478 e. The first kappa shape index (κ1) is 14.2. The molecule has 1 aromatic carbocycles. The molecule has 0 atom stereocenters. The number of carbonyl (C=O) groups excluding carboxylic acids is 1. The quantitative estimate of drug-likeness (QED) is 0.742. The summed E-state index contributed by atoms with van der Waals surface area (Å²) in [5.41, 5.74) is 1.09. The van der Waals surface area contributed by atoms with Crippen LogP contribution in [0.4, 0.5) is 5.69 Å². The Kier molecular flexibility index (Phi) is 4.85. The Bertz CT molecular complexity index is 456. The van der Waals surface area contributed by atoms with Crippen LogP contribution >= 0.6 is 0 Å². The van der Waals surface area contributed by atoms with Gasteiger partial charge in [0.15, 0.2) is 0 Å². The summed E-state index contributed by atoms with van der Waals surface area (Å²) >= 11 is 0. The van der Waals surface area contributed by atoms with Crippen LogP contribution in [0.2, 0.25) is 0 Å². The monoisotopic (exact) mass is 250 g/mol. The third kappa shape index (κ3) is 3.85. The Hall–Kier alpha value is -1.88. The zero-order valence-corrected chi connectivity index (χ0v) is 10.8. The van der Waals surface area contributed by atoms with Gasteiger partial charge in [-0.3, -0.25) is 4.79 Å². The fourth-order valence-electron chi connectivity index (χ4n) is 1.55. The highest BCUT2D eigenvalue weighted by molar-refractivity contribution is 6.02. The lowest BCUT2D eigenvalue weighted by Gasteiger charge is -2.12. The SMILES string of the molecule is Cc1cccc(NC(=O)CNC(C)C)c1C(=O)O. The first-order valence-corrected chi connectivity index (χ1v) is 5.78. The molecule has 0 saturated carbocycles. The highest BCUT2D eigenvalue weighted by Gasteiger charge is 2.14. The molecule has 5 nitrogen and oxygen atoms in total. The van der Waals surface area contributed by atoms with Crippen LogP contribution in [0.3, 0.4) is 0 Å². The van der Waals surface area contributed by atoms with Crippen LogP contribution in [0.1, 0.15) is 29.8 Å². The predicted octanol–water partition coefficient (Wildman–Crippen LogP) is 1.63. The molecule has 98 valence electrons. The summed E-state index contributed by atoms with van der Waals surface area (Å²) in [5.74, 6) is -1.29. The van der Waals surface area contributed by atoms with Crippen LogP contribution in [0.25, 0.3) is 0 Å². The van der Waals surface area contributed by atoms with Crippen molar-refractivity contribution < 1.29 is 14.7 Å². The van der Waals surface area contributed by atoms with E-state index in [1.807, 2.05) is 13.8 Å². The maximum atomic E-state index is 11.6. The molecule has 0 aliphatic rings. The first-order valence-electron chi connectivity index (χ1n) is 5.78. The normalized spacial score (nSPS) is 10.4. The number of aromatic carboxylic acids is 1. The van der Waals surface area contributed by atoms with Crippen LogP contribution in [-0.4, -0.2) is 29.6 Å². The Labute approximate surface area is 106 Å². The molecule has 0 spiro atoms. The van der Waals surface area contributed by atoms with E-state index in [-0.39, 0.29) is 24.1 Å². The second kappa shape index (κ2) is 6.16. The molecule has 0 aliphatic heterocycles. The van der Waals surface area contributed by atoms with Crippen LogP contribution in [0.15, 0.2) is 18.2 Å². The van der Waals surface area contributed by atoms with Crippen LogP contribution < -0.4 is 10.6 Å². The van der Waals surface area contributed by atoms with Gasteiger partial charge in [0.05, 0.1) is 17.8 Å². The fourth-order valence-corrected chi connectivity index (χ4v) is 1.55. The number of carboxylic acids is 1. The summed E-state index contributed by atoms with van der Waals surface area (Å²) in [6.45, 7) is 5.72. The largest absolute Gasteiger partial charge is 0.478 e. The molecular weight excluding hydrogens is 232 g/mol. The molecule has 1 aromatic rings. The number of carboxylic acid groups (broad SMARTS) is 1. The fraction of sp³-hybridized carbons (Fsp3) is 0.385. The van der Waals surface area contributed by atoms with E-state index in [0.29, 0.717) is 11.3 Å². The number of aryl methyl sites for hydroxylation is 1. The number of carbonyl (C=O) groups is 2. The van der Waals surface area contributed by atoms with Crippen molar-refractivity contribution in [2.24, 2.45) is 0 Å². The summed E-state index contributed by atoms with van der Waals surface area (Å²) in [7, 11) is 0. The topological polar surface area (TPSA) is 78.4 Å². The predicted molar refractivity (Wildman–Crippen MR) is 69.9 cm³/mol. The van der Waals surface area contributed by atoms with Gasteiger partial charge in [-0.25, -0.2) is 4.79 Å². The summed E-state index contributed by atoms with van der Waals surface area (Å²) < 4.78 is 0. The van der Waals surface area contributed by atoms with Crippen molar-refractivity contribution in [2.75, 3.05) is 11.9 Å². The molecule has 5 heteroatoms. The van der Waals surface area contributed by atoms with E-state index < -0.39 is 5.97 Å². The van der Waals surface area contributed by atoms with Crippen LogP contribution in [0, 0.1) is 6.92 Å². The highest BCUT2D eigenvalue weighted by Crippen LogP contribution is 2.19. The van der Waals surface area contributed by atoms with Crippen molar-refractivity contribution in [2.45, 2.75) is 26.8 Å². The molecule has 1 amide bonds. The van der Waals surface area contributed by atoms with Gasteiger partial charge in [0.2, 0.25) is 5.91 Å². The highest BCUT2D eigenvalue weighted by atomic mass is 16.4. The number of amides is 1. The number of hydrogen-bond acceptors (Lipinski definition) is 3. The molecular formula is C13H18N2O3. The lowest BCUT2D eigenvalue weighted by atomic mass is 10.1. The standard InChI is InChI=1S/C13H18N2O3/c1-8(2)14-7-11(16)15-10-6-4-5-9(3)12(10)13(17)18/h4-6,8,14H,7H2,1-3H3,(H,15,16)(H,17,18). The number of nitrogens with one attached hydrogen (secondary N) is 2. The average molecular weight is 250 g/mol. The molecule has 0 aromatic heterocycles. The molecule has 3 N–H and O–H groups in total. The maximum Gasteiger partial charge on any atom is 0.338 e. The van der Waals surface area contributed by atoms with Crippen LogP contribution in [0.5, 0.6) is 0 Å². The van der Waals surface area contributed by atoms with Crippen molar-refractivity contribution in [3.05, 3.63) is 29.3 Å². The molecule has 0 fully saturated rings. The van der Waals surface area contributed by atoms with Gasteiger partial charge in [-0.1, -0.05) is 26.0 Å². The molecule has 0 heterocycles. The molecule has 0 unspecified atom stereocenters. The van der Waals surface area contributed by atoms with Gasteiger partial charge in [0.1, 0.15) is 0 Å². The minimum atomic E-state index is -1.04. The summed E-state index contributed by atoms with van der Waals surface area (Å²) in [5, 5.41) is 14.7. The number of hydrogen-bond donors (Lipinski definition) is 3. The minimum absolute atomic E-state index is 0.135. The second-order valence-corrected chi connectivity index (χ2v) is 4.39. The van der Waals surface area contributed by atoms with E-state index in [4.69, 9.17) is 5.11 Å². The van der Waals surface area contributed by atoms with E-state index in [1.165, 1.54) is 0 Å². The van der Waals surface area contributed by atoms with Crippen molar-refractivity contribution >= 4 is 17.6 Å². The zero-order valence-electron chi connectivity index (χ0n) is 10.8. The smallest absolute Gasteiger partial charge is 0.338 e. The number of benzene rings is 1. The van der Waals surface area contributed by atoms with E-state index in [9.17, 15) is 9.59 Å². The molecule has 0 aliphatic carbocycles. The van der Waals surface area contributed by atoms with Gasteiger partial charge in [0, 0.05) is 6.04 Å². The van der Waals surface area contributed by atoms with Crippen molar-refractivity contribution in [1.82, 2.24) is 5.32 Å². The van der Waals surface area contributed by atoms with E-state index in [1.54, 1.807) is 25.1 Å². The summed E-state index contributed by atoms with van der Waals surface area (Å²) in [4.78, 5) is 22.8. The molecule has 0 radical (unpaired) electrons. The van der Waals surface area contributed by atoms with Gasteiger partial charge in [-0.2, -0.15) is 0 Å². The summed E-state index contributed by atoms with van der Waals surface area (Å²) in [6, 6.07) is 5.20. The van der Waals surface area contributed by atoms with E-state index in [2.05, 4.69) is 10.6 Å². The Morgan fingerprint density at radius 1 is 1.33 bits per heavy atom. The van der Waals surface area contributed by atoms with Gasteiger partial charge in [-0.15, -0.1) is 0 Å². The van der Waals surface area contributed by atoms with Crippen molar-refractivity contribution in [1.29, 1.82) is 0 Å². The van der Waals surface area contributed by atoms with E-state index in [0.717, 1.165) is 0 Å². The molecule has 18 heavy (non-hydrogen) atoms. The average Bonchev–Trinajstić information content (AvgIpc) is 2.26. The van der Waals surface area contributed by atoms with Gasteiger partial charge in [-0.05, 0) is 18.6 Å². The van der Waals surface area contributed by atoms with Gasteiger partial charge < -0.3 is 15.7 Å². The Morgan fingerprint density at radius 2 is 2.00 bits per heavy atom. The lowest BCUT2D eigenvalue weighted by molar-refractivity contribution is -0.115. The number of anilines is 1. The zero-order chi connectivity index (χ0) is 13.7. The first-order chi connectivity index (χ1) is 8.41. The number of rotatable bonds is 5. The maximum absolute atomic E-state index is 11.6. The second-order valence-electron chi connectivity index (χ2n) is 4.39. The Balaban J connectivity index is 2.81. The van der Waals surface area contributed by atoms with E-state index >= 15 is 0 Å². The van der Waals surface area contributed by atoms with Gasteiger partial charge >= 0.3 is 5.97 Å². The lowest BCUT2D eigenvalue weighted by Crippen LogP contribution is -2.33. The third-order valence-electron chi connectivity index (χ3n) is 2.43. The van der Waals surface area contributed by atoms with Gasteiger partial charge in [0.25, 0.3) is 0 Å². The van der Waals surface area contributed by atoms with Crippen molar-refractivity contribution in [3.63, 3.8) is 0 Å². The molecule has 1 rings (SSSR count). The summed E-state index contributed by atoms with van der Waals surface area (Å²) in [6.07, 6.45) is 0. The molecule has 0 bridgehead atoms.